The Kier molecular flexibility index (Phi) is 3.35. The summed E-state index contributed by atoms with van der Waals surface area (Å²) in [4.78, 5) is 25.6. The van der Waals surface area contributed by atoms with Gasteiger partial charge in [0.1, 0.15) is 17.1 Å². The SMILES string of the molecule is COc1ccc2c(c1)C(=O)CC1(CCN(C(C)=O)CC1)O2. The van der Waals surface area contributed by atoms with Crippen LogP contribution in [0.15, 0.2) is 18.2 Å². The Morgan fingerprint density at radius 3 is 2.67 bits per heavy atom. The molecule has 21 heavy (non-hydrogen) atoms. The number of ether oxygens (including phenoxy) is 2. The predicted molar refractivity (Wildman–Crippen MR) is 76.8 cm³/mol. The summed E-state index contributed by atoms with van der Waals surface area (Å²) in [7, 11) is 1.58. The molecule has 1 fully saturated rings. The van der Waals surface area contributed by atoms with Crippen LogP contribution in [0.5, 0.6) is 11.5 Å². The van der Waals surface area contributed by atoms with E-state index in [1.54, 1.807) is 32.2 Å². The Bertz CT molecular complexity index is 588. The van der Waals surface area contributed by atoms with Crippen LogP contribution in [0, 0.1) is 0 Å². The molecule has 0 aromatic heterocycles. The minimum absolute atomic E-state index is 0.0807. The molecule has 1 aromatic carbocycles. The van der Waals surface area contributed by atoms with Crippen LogP contribution in [-0.2, 0) is 4.79 Å². The van der Waals surface area contributed by atoms with Crippen molar-refractivity contribution in [3.63, 3.8) is 0 Å². The first kappa shape index (κ1) is 13.9. The Balaban J connectivity index is 1.83. The van der Waals surface area contributed by atoms with Crippen molar-refractivity contribution in [3.05, 3.63) is 23.8 Å². The molecular weight excluding hydrogens is 270 g/mol. The van der Waals surface area contributed by atoms with E-state index >= 15 is 0 Å². The van der Waals surface area contributed by atoms with E-state index in [-0.39, 0.29) is 11.7 Å². The van der Waals surface area contributed by atoms with Gasteiger partial charge in [-0.1, -0.05) is 0 Å². The zero-order valence-electron chi connectivity index (χ0n) is 12.3. The Morgan fingerprint density at radius 2 is 2.05 bits per heavy atom. The number of rotatable bonds is 1. The van der Waals surface area contributed by atoms with Gasteiger partial charge in [0.15, 0.2) is 5.78 Å². The number of carbonyl (C=O) groups excluding carboxylic acids is 2. The number of nitrogens with zero attached hydrogens (tertiary/aromatic N) is 1. The summed E-state index contributed by atoms with van der Waals surface area (Å²) in [5, 5.41) is 0. The second-order valence-corrected chi connectivity index (χ2v) is 5.75. The molecule has 2 aliphatic heterocycles. The van der Waals surface area contributed by atoms with Crippen molar-refractivity contribution >= 4 is 11.7 Å². The highest BCUT2D eigenvalue weighted by molar-refractivity contribution is 6.00. The maximum atomic E-state index is 12.4. The average molecular weight is 289 g/mol. The van der Waals surface area contributed by atoms with Crippen molar-refractivity contribution in [2.24, 2.45) is 0 Å². The minimum Gasteiger partial charge on any atom is -0.497 e. The smallest absolute Gasteiger partial charge is 0.219 e. The van der Waals surface area contributed by atoms with Gasteiger partial charge in [-0.15, -0.1) is 0 Å². The zero-order chi connectivity index (χ0) is 15.0. The quantitative estimate of drug-likeness (QED) is 0.794. The summed E-state index contributed by atoms with van der Waals surface area (Å²) in [5.41, 5.74) is 0.138. The molecule has 1 amide bonds. The van der Waals surface area contributed by atoms with E-state index in [1.165, 1.54) is 0 Å². The number of Topliss-reactive ketones (excluding diaryl/α,β-unsaturated/α-hetero) is 1. The largest absolute Gasteiger partial charge is 0.497 e. The van der Waals surface area contributed by atoms with E-state index in [9.17, 15) is 9.59 Å². The van der Waals surface area contributed by atoms with Crippen molar-refractivity contribution in [2.75, 3.05) is 20.2 Å². The molecule has 0 saturated carbocycles. The summed E-state index contributed by atoms with van der Waals surface area (Å²) >= 11 is 0. The highest BCUT2D eigenvalue weighted by atomic mass is 16.5. The maximum Gasteiger partial charge on any atom is 0.219 e. The molecule has 1 spiro atoms. The molecule has 0 bridgehead atoms. The summed E-state index contributed by atoms with van der Waals surface area (Å²) in [6.45, 7) is 2.87. The molecule has 1 aromatic rings. The number of ketones is 1. The number of likely N-dealkylation sites (tertiary alicyclic amines) is 1. The molecular formula is C16H19NO4. The maximum absolute atomic E-state index is 12.4. The Hall–Kier alpha value is -2.04. The van der Waals surface area contributed by atoms with Gasteiger partial charge in [-0.05, 0) is 18.2 Å². The molecule has 5 heteroatoms. The topological polar surface area (TPSA) is 55.8 Å². The molecule has 2 aliphatic rings. The Morgan fingerprint density at radius 1 is 1.33 bits per heavy atom. The lowest BCUT2D eigenvalue weighted by molar-refractivity contribution is -0.132. The van der Waals surface area contributed by atoms with Crippen molar-refractivity contribution in [1.82, 2.24) is 4.90 Å². The van der Waals surface area contributed by atoms with Gasteiger partial charge < -0.3 is 14.4 Å². The third-order valence-electron chi connectivity index (χ3n) is 4.42. The van der Waals surface area contributed by atoms with Crippen LogP contribution in [0.4, 0.5) is 0 Å². The third-order valence-corrected chi connectivity index (χ3v) is 4.42. The Labute approximate surface area is 123 Å². The van der Waals surface area contributed by atoms with E-state index in [1.807, 2.05) is 4.90 Å². The lowest BCUT2D eigenvalue weighted by Gasteiger charge is -2.43. The first-order valence-corrected chi connectivity index (χ1v) is 7.19. The van der Waals surface area contributed by atoms with Gasteiger partial charge in [0.2, 0.25) is 5.91 Å². The molecule has 0 atom stereocenters. The summed E-state index contributed by atoms with van der Waals surface area (Å²) in [6.07, 6.45) is 1.77. The summed E-state index contributed by atoms with van der Waals surface area (Å²) < 4.78 is 11.3. The highest BCUT2D eigenvalue weighted by Crippen LogP contribution is 2.40. The van der Waals surface area contributed by atoms with Crippen molar-refractivity contribution in [1.29, 1.82) is 0 Å². The van der Waals surface area contributed by atoms with Crippen LogP contribution in [0.25, 0.3) is 0 Å². The van der Waals surface area contributed by atoms with E-state index in [4.69, 9.17) is 9.47 Å². The molecule has 5 nitrogen and oxygen atoms in total. The van der Waals surface area contributed by atoms with Gasteiger partial charge in [0.05, 0.1) is 19.1 Å². The first-order chi connectivity index (χ1) is 10.0. The fourth-order valence-corrected chi connectivity index (χ4v) is 3.11. The zero-order valence-corrected chi connectivity index (χ0v) is 12.3. The fourth-order valence-electron chi connectivity index (χ4n) is 3.11. The van der Waals surface area contributed by atoms with E-state index in [0.717, 1.165) is 0 Å². The first-order valence-electron chi connectivity index (χ1n) is 7.19. The van der Waals surface area contributed by atoms with Crippen LogP contribution in [-0.4, -0.2) is 42.4 Å². The molecule has 0 radical (unpaired) electrons. The summed E-state index contributed by atoms with van der Waals surface area (Å²) in [5.74, 6) is 1.46. The summed E-state index contributed by atoms with van der Waals surface area (Å²) in [6, 6.07) is 5.33. The van der Waals surface area contributed by atoms with Crippen LogP contribution in [0.3, 0.4) is 0 Å². The highest BCUT2D eigenvalue weighted by Gasteiger charge is 2.43. The molecule has 1 saturated heterocycles. The van der Waals surface area contributed by atoms with Crippen molar-refractivity contribution in [2.45, 2.75) is 31.8 Å². The molecule has 0 N–H and O–H groups in total. The predicted octanol–water partition coefficient (Wildman–Crippen LogP) is 2.04. The number of amides is 1. The third kappa shape index (κ3) is 2.48. The minimum atomic E-state index is -0.454. The number of hydrogen-bond donors (Lipinski definition) is 0. The molecule has 2 heterocycles. The van der Waals surface area contributed by atoms with Crippen molar-refractivity contribution < 1.29 is 19.1 Å². The number of methoxy groups -OCH3 is 1. The van der Waals surface area contributed by atoms with Crippen LogP contribution in [0.1, 0.15) is 36.5 Å². The average Bonchev–Trinajstić information content (AvgIpc) is 2.47. The van der Waals surface area contributed by atoms with Crippen molar-refractivity contribution in [3.8, 4) is 11.5 Å². The lowest BCUT2D eigenvalue weighted by Crippen LogP contribution is -2.51. The molecule has 0 unspecified atom stereocenters. The standard InChI is InChI=1S/C16H19NO4/c1-11(18)17-7-5-16(6-8-17)10-14(19)13-9-12(20-2)3-4-15(13)21-16/h3-4,9H,5-8,10H2,1-2H3. The van der Waals surface area contributed by atoms with Gasteiger partial charge in [-0.25, -0.2) is 0 Å². The van der Waals surface area contributed by atoms with Gasteiger partial charge in [0, 0.05) is 32.9 Å². The van der Waals surface area contributed by atoms with Gasteiger partial charge in [-0.2, -0.15) is 0 Å². The van der Waals surface area contributed by atoms with Gasteiger partial charge in [-0.3, -0.25) is 9.59 Å². The van der Waals surface area contributed by atoms with Crippen LogP contribution >= 0.6 is 0 Å². The van der Waals surface area contributed by atoms with Crippen LogP contribution < -0.4 is 9.47 Å². The van der Waals surface area contributed by atoms with E-state index < -0.39 is 5.60 Å². The molecule has 3 rings (SSSR count). The van der Waals surface area contributed by atoms with Gasteiger partial charge >= 0.3 is 0 Å². The number of carbonyl (C=O) groups is 2. The normalized spacial score (nSPS) is 19.9. The van der Waals surface area contributed by atoms with E-state index in [2.05, 4.69) is 0 Å². The number of benzene rings is 1. The molecule has 0 aliphatic carbocycles. The number of fused-ring (bicyclic) bond motifs is 1. The second kappa shape index (κ2) is 5.06. The van der Waals surface area contributed by atoms with Gasteiger partial charge in [0.25, 0.3) is 0 Å². The fraction of sp³-hybridized carbons (Fsp3) is 0.500. The van der Waals surface area contributed by atoms with E-state index in [0.29, 0.717) is 49.4 Å². The monoisotopic (exact) mass is 289 g/mol. The van der Waals surface area contributed by atoms with Crippen LogP contribution in [0.2, 0.25) is 0 Å². The lowest BCUT2D eigenvalue weighted by atomic mass is 9.82. The number of hydrogen-bond acceptors (Lipinski definition) is 4. The molecule has 112 valence electrons. The number of piperidine rings is 1. The second-order valence-electron chi connectivity index (χ2n) is 5.75.